The molecule has 3 rings (SSSR count). The van der Waals surface area contributed by atoms with Crippen LogP contribution in [0.1, 0.15) is 41.0 Å². The molecule has 1 aliphatic heterocycles. The van der Waals surface area contributed by atoms with Gasteiger partial charge < -0.3 is 9.47 Å². The molecule has 0 saturated heterocycles. The van der Waals surface area contributed by atoms with E-state index in [2.05, 4.69) is 0 Å². The molecular formula is C20H19NO5. The second-order valence-corrected chi connectivity index (χ2v) is 5.91. The van der Waals surface area contributed by atoms with Gasteiger partial charge in [0.2, 0.25) is 0 Å². The number of hydrogen-bond donors (Lipinski definition) is 0. The van der Waals surface area contributed by atoms with Crippen molar-refractivity contribution in [1.29, 1.82) is 0 Å². The van der Waals surface area contributed by atoms with E-state index in [1.807, 2.05) is 6.92 Å². The lowest BCUT2D eigenvalue weighted by Crippen LogP contribution is -2.29. The number of fused-ring (bicyclic) bond motifs is 1. The molecular weight excluding hydrogens is 334 g/mol. The number of esters is 1. The number of nitrogens with zero attached hydrogens (tertiary/aromatic N) is 1. The van der Waals surface area contributed by atoms with Gasteiger partial charge in [0, 0.05) is 0 Å². The fourth-order valence-electron chi connectivity index (χ4n) is 2.67. The molecule has 2 amide bonds. The highest BCUT2D eigenvalue weighted by molar-refractivity contribution is 6.34. The third kappa shape index (κ3) is 3.31. The Morgan fingerprint density at radius 2 is 1.58 bits per heavy atom. The van der Waals surface area contributed by atoms with Crippen molar-refractivity contribution in [1.82, 2.24) is 0 Å². The minimum absolute atomic E-state index is 0.351. The molecule has 0 unspecified atom stereocenters. The second-order valence-electron chi connectivity index (χ2n) is 5.91. The molecule has 0 saturated carbocycles. The van der Waals surface area contributed by atoms with E-state index in [1.54, 1.807) is 55.5 Å². The van der Waals surface area contributed by atoms with Gasteiger partial charge in [0.05, 0.1) is 23.4 Å². The average Bonchev–Trinajstić information content (AvgIpc) is 2.91. The molecule has 0 spiro atoms. The predicted octanol–water partition coefficient (Wildman–Crippen LogP) is 3.21. The van der Waals surface area contributed by atoms with Crippen molar-refractivity contribution in [3.63, 3.8) is 0 Å². The van der Waals surface area contributed by atoms with Crippen molar-refractivity contribution in [2.45, 2.75) is 26.4 Å². The van der Waals surface area contributed by atoms with Gasteiger partial charge in [-0.25, -0.2) is 9.69 Å². The molecule has 0 radical (unpaired) electrons. The standard InChI is InChI=1S/C20H19NO5/c1-3-12-25-20(24)13(2)26-15-10-8-14(9-11-15)21-18(22)16-6-4-5-7-17(16)19(21)23/h4-11,13H,3,12H2,1-2H3/t13-/m1/s1. The van der Waals surface area contributed by atoms with Crippen LogP contribution in [0.15, 0.2) is 48.5 Å². The summed E-state index contributed by atoms with van der Waals surface area (Å²) in [6, 6.07) is 13.2. The van der Waals surface area contributed by atoms with Crippen LogP contribution in [0.2, 0.25) is 0 Å². The van der Waals surface area contributed by atoms with Crippen molar-refractivity contribution < 1.29 is 23.9 Å². The van der Waals surface area contributed by atoms with E-state index >= 15 is 0 Å². The van der Waals surface area contributed by atoms with E-state index in [0.29, 0.717) is 29.2 Å². The molecule has 0 fully saturated rings. The molecule has 1 aliphatic rings. The zero-order valence-corrected chi connectivity index (χ0v) is 14.6. The summed E-state index contributed by atoms with van der Waals surface area (Å²) >= 11 is 0. The molecule has 1 atom stereocenters. The Bertz CT molecular complexity index is 809. The van der Waals surface area contributed by atoms with Crippen molar-refractivity contribution in [3.8, 4) is 5.75 Å². The summed E-state index contributed by atoms with van der Waals surface area (Å²) in [5.74, 6) is -0.686. The first-order valence-corrected chi connectivity index (χ1v) is 8.44. The van der Waals surface area contributed by atoms with E-state index in [1.165, 1.54) is 0 Å². The van der Waals surface area contributed by atoms with Crippen molar-refractivity contribution in [2.75, 3.05) is 11.5 Å². The molecule has 0 aromatic heterocycles. The van der Waals surface area contributed by atoms with Gasteiger partial charge in [0.15, 0.2) is 6.10 Å². The third-order valence-corrected chi connectivity index (χ3v) is 3.98. The lowest BCUT2D eigenvalue weighted by molar-refractivity contribution is -0.151. The quantitative estimate of drug-likeness (QED) is 0.589. The van der Waals surface area contributed by atoms with Crippen LogP contribution in [-0.4, -0.2) is 30.5 Å². The normalized spacial score (nSPS) is 14.2. The fourth-order valence-corrected chi connectivity index (χ4v) is 2.67. The van der Waals surface area contributed by atoms with Crippen LogP contribution < -0.4 is 9.64 Å². The maximum atomic E-state index is 12.5. The minimum atomic E-state index is -0.744. The van der Waals surface area contributed by atoms with Gasteiger partial charge in [-0.15, -0.1) is 0 Å². The maximum Gasteiger partial charge on any atom is 0.347 e. The van der Waals surface area contributed by atoms with Gasteiger partial charge >= 0.3 is 5.97 Å². The number of amides is 2. The molecule has 6 heteroatoms. The van der Waals surface area contributed by atoms with E-state index in [4.69, 9.17) is 9.47 Å². The Balaban J connectivity index is 1.72. The topological polar surface area (TPSA) is 72.9 Å². The number of imide groups is 1. The lowest BCUT2D eigenvalue weighted by Gasteiger charge is -2.16. The molecule has 2 aromatic carbocycles. The SMILES string of the molecule is CCCOC(=O)[C@@H](C)Oc1ccc(N2C(=O)c3ccccc3C2=O)cc1. The average molecular weight is 353 g/mol. The highest BCUT2D eigenvalue weighted by Gasteiger charge is 2.36. The van der Waals surface area contributed by atoms with Crippen LogP contribution >= 0.6 is 0 Å². The molecule has 2 aromatic rings. The van der Waals surface area contributed by atoms with Gasteiger partial charge in [-0.2, -0.15) is 0 Å². The summed E-state index contributed by atoms with van der Waals surface area (Å²) in [4.78, 5) is 37.8. The Morgan fingerprint density at radius 1 is 1.00 bits per heavy atom. The number of benzene rings is 2. The lowest BCUT2D eigenvalue weighted by atomic mass is 10.1. The Labute approximate surface area is 151 Å². The number of ether oxygens (including phenoxy) is 2. The number of rotatable bonds is 6. The number of anilines is 1. The summed E-state index contributed by atoms with van der Waals surface area (Å²) in [6.45, 7) is 3.87. The second kappa shape index (κ2) is 7.39. The first-order valence-electron chi connectivity index (χ1n) is 8.44. The van der Waals surface area contributed by atoms with E-state index in [-0.39, 0.29) is 11.8 Å². The Morgan fingerprint density at radius 3 is 2.12 bits per heavy atom. The van der Waals surface area contributed by atoms with Crippen molar-refractivity contribution >= 4 is 23.5 Å². The molecule has 0 bridgehead atoms. The van der Waals surface area contributed by atoms with Crippen molar-refractivity contribution in [3.05, 3.63) is 59.7 Å². The van der Waals surface area contributed by atoms with Crippen LogP contribution in [0.5, 0.6) is 5.75 Å². The monoisotopic (exact) mass is 353 g/mol. The van der Waals surface area contributed by atoms with Gasteiger partial charge in [-0.3, -0.25) is 9.59 Å². The van der Waals surface area contributed by atoms with Gasteiger partial charge in [0.1, 0.15) is 5.75 Å². The van der Waals surface area contributed by atoms with Crippen LogP contribution in [-0.2, 0) is 9.53 Å². The van der Waals surface area contributed by atoms with Gasteiger partial charge in [-0.1, -0.05) is 19.1 Å². The first-order chi connectivity index (χ1) is 12.5. The van der Waals surface area contributed by atoms with E-state index < -0.39 is 12.1 Å². The fraction of sp³-hybridized carbons (Fsp3) is 0.250. The zero-order chi connectivity index (χ0) is 18.7. The van der Waals surface area contributed by atoms with Crippen LogP contribution in [0, 0.1) is 0 Å². The highest BCUT2D eigenvalue weighted by atomic mass is 16.6. The van der Waals surface area contributed by atoms with Crippen LogP contribution in [0.3, 0.4) is 0 Å². The van der Waals surface area contributed by atoms with Crippen LogP contribution in [0.4, 0.5) is 5.69 Å². The first kappa shape index (κ1) is 17.7. The smallest absolute Gasteiger partial charge is 0.347 e. The summed E-state index contributed by atoms with van der Waals surface area (Å²) in [5, 5.41) is 0. The molecule has 0 aliphatic carbocycles. The zero-order valence-electron chi connectivity index (χ0n) is 14.6. The van der Waals surface area contributed by atoms with Crippen molar-refractivity contribution in [2.24, 2.45) is 0 Å². The summed E-state index contributed by atoms with van der Waals surface area (Å²) in [5.41, 5.74) is 1.24. The number of carbonyl (C=O) groups excluding carboxylic acids is 3. The Kier molecular flexibility index (Phi) is 5.02. The largest absolute Gasteiger partial charge is 0.479 e. The third-order valence-electron chi connectivity index (χ3n) is 3.98. The van der Waals surface area contributed by atoms with Crippen LogP contribution in [0.25, 0.3) is 0 Å². The van der Waals surface area contributed by atoms with Gasteiger partial charge in [0.25, 0.3) is 11.8 Å². The maximum absolute atomic E-state index is 12.5. The van der Waals surface area contributed by atoms with Gasteiger partial charge in [-0.05, 0) is 49.7 Å². The molecule has 26 heavy (non-hydrogen) atoms. The predicted molar refractivity (Wildman–Crippen MR) is 95.4 cm³/mol. The molecule has 6 nitrogen and oxygen atoms in total. The summed E-state index contributed by atoms with van der Waals surface area (Å²) in [6.07, 6.45) is -0.000301. The molecule has 134 valence electrons. The number of hydrogen-bond acceptors (Lipinski definition) is 5. The molecule has 1 heterocycles. The highest BCUT2D eigenvalue weighted by Crippen LogP contribution is 2.29. The summed E-state index contributed by atoms with van der Waals surface area (Å²) in [7, 11) is 0. The van der Waals surface area contributed by atoms with E-state index in [0.717, 1.165) is 11.3 Å². The Hall–Kier alpha value is -3.15. The van der Waals surface area contributed by atoms with E-state index in [9.17, 15) is 14.4 Å². The molecule has 0 N–H and O–H groups in total. The number of carbonyl (C=O) groups is 3. The minimum Gasteiger partial charge on any atom is -0.479 e. The summed E-state index contributed by atoms with van der Waals surface area (Å²) < 4.78 is 10.6.